The van der Waals surface area contributed by atoms with Gasteiger partial charge in [0.25, 0.3) is 0 Å². The lowest BCUT2D eigenvalue weighted by Crippen LogP contribution is -2.01. The second-order valence-electron chi connectivity index (χ2n) is 4.44. The number of benzene rings is 2. The number of ether oxygens (including phenoxy) is 1. The number of hydrogen-bond donors (Lipinski definition) is 2. The standard InChI is InChI=1S/C16H13NO3/c1-20-16(19)12-8-9-17-15(12)14-11-5-3-2-4-10(11)6-7-13(14)18/h2-9,17-18H,1H3. The molecule has 0 saturated heterocycles. The summed E-state index contributed by atoms with van der Waals surface area (Å²) in [5.41, 5.74) is 1.57. The highest BCUT2D eigenvalue weighted by atomic mass is 16.5. The Morgan fingerprint density at radius 2 is 1.95 bits per heavy atom. The number of methoxy groups -OCH3 is 1. The molecule has 3 aromatic rings. The predicted molar refractivity (Wildman–Crippen MR) is 76.7 cm³/mol. The third-order valence-electron chi connectivity index (χ3n) is 3.31. The Labute approximate surface area is 115 Å². The fraction of sp³-hybridized carbons (Fsp3) is 0.0625. The molecule has 1 aromatic heterocycles. The van der Waals surface area contributed by atoms with Crippen molar-refractivity contribution in [1.82, 2.24) is 4.98 Å². The Morgan fingerprint density at radius 1 is 1.15 bits per heavy atom. The minimum atomic E-state index is -0.436. The fourth-order valence-electron chi connectivity index (χ4n) is 2.38. The molecule has 0 radical (unpaired) electrons. The van der Waals surface area contributed by atoms with Crippen molar-refractivity contribution in [3.63, 3.8) is 0 Å². The molecule has 0 unspecified atom stereocenters. The topological polar surface area (TPSA) is 62.3 Å². The van der Waals surface area contributed by atoms with Crippen LogP contribution in [0.5, 0.6) is 5.75 Å². The maximum absolute atomic E-state index is 11.8. The highest BCUT2D eigenvalue weighted by Gasteiger charge is 2.18. The van der Waals surface area contributed by atoms with E-state index in [0.717, 1.165) is 10.8 Å². The van der Waals surface area contributed by atoms with Crippen LogP contribution in [0.1, 0.15) is 10.4 Å². The molecule has 0 atom stereocenters. The van der Waals surface area contributed by atoms with Crippen molar-refractivity contribution < 1.29 is 14.6 Å². The number of phenols is 1. The zero-order chi connectivity index (χ0) is 14.1. The number of carbonyl (C=O) groups excluding carboxylic acids is 1. The summed E-state index contributed by atoms with van der Waals surface area (Å²) < 4.78 is 4.77. The summed E-state index contributed by atoms with van der Waals surface area (Å²) in [6.07, 6.45) is 1.66. The van der Waals surface area contributed by atoms with Crippen molar-refractivity contribution >= 4 is 16.7 Å². The van der Waals surface area contributed by atoms with Crippen molar-refractivity contribution in [2.24, 2.45) is 0 Å². The summed E-state index contributed by atoms with van der Waals surface area (Å²) in [6.45, 7) is 0. The molecule has 100 valence electrons. The molecule has 3 rings (SSSR count). The number of aromatic hydroxyl groups is 1. The second-order valence-corrected chi connectivity index (χ2v) is 4.44. The Kier molecular flexibility index (Phi) is 2.91. The Balaban J connectivity index is 2.32. The largest absolute Gasteiger partial charge is 0.507 e. The fourth-order valence-corrected chi connectivity index (χ4v) is 2.38. The summed E-state index contributed by atoms with van der Waals surface area (Å²) in [7, 11) is 1.34. The van der Waals surface area contributed by atoms with Gasteiger partial charge in [-0.05, 0) is 22.9 Å². The molecule has 2 aromatic carbocycles. The summed E-state index contributed by atoms with van der Waals surface area (Å²) in [5.74, 6) is -0.315. The molecule has 0 spiro atoms. The van der Waals surface area contributed by atoms with Crippen LogP contribution in [0.15, 0.2) is 48.7 Å². The van der Waals surface area contributed by atoms with Gasteiger partial charge < -0.3 is 14.8 Å². The minimum Gasteiger partial charge on any atom is -0.507 e. The first-order valence-electron chi connectivity index (χ1n) is 6.19. The van der Waals surface area contributed by atoms with Crippen molar-refractivity contribution in [1.29, 1.82) is 0 Å². The number of carbonyl (C=O) groups is 1. The minimum absolute atomic E-state index is 0.122. The van der Waals surface area contributed by atoms with Crippen LogP contribution in [0.3, 0.4) is 0 Å². The van der Waals surface area contributed by atoms with E-state index in [2.05, 4.69) is 4.98 Å². The van der Waals surface area contributed by atoms with E-state index < -0.39 is 5.97 Å². The first-order chi connectivity index (χ1) is 9.72. The van der Waals surface area contributed by atoms with E-state index in [1.807, 2.05) is 30.3 Å². The number of hydrogen-bond acceptors (Lipinski definition) is 3. The molecule has 20 heavy (non-hydrogen) atoms. The molecule has 0 amide bonds. The number of aromatic nitrogens is 1. The van der Waals surface area contributed by atoms with Crippen molar-refractivity contribution in [3.05, 3.63) is 54.2 Å². The van der Waals surface area contributed by atoms with E-state index in [1.54, 1.807) is 18.3 Å². The van der Waals surface area contributed by atoms with Crippen LogP contribution in [-0.4, -0.2) is 23.2 Å². The summed E-state index contributed by atoms with van der Waals surface area (Å²) in [5, 5.41) is 12.1. The number of rotatable bonds is 2. The molecule has 0 aliphatic carbocycles. The molecular weight excluding hydrogens is 254 g/mol. The number of H-pyrrole nitrogens is 1. The molecule has 0 aliphatic heterocycles. The zero-order valence-electron chi connectivity index (χ0n) is 10.9. The van der Waals surface area contributed by atoms with Gasteiger partial charge in [0.1, 0.15) is 5.75 Å². The maximum Gasteiger partial charge on any atom is 0.340 e. The van der Waals surface area contributed by atoms with Gasteiger partial charge in [-0.3, -0.25) is 0 Å². The van der Waals surface area contributed by atoms with Crippen LogP contribution in [0, 0.1) is 0 Å². The molecule has 0 fully saturated rings. The van der Waals surface area contributed by atoms with E-state index in [9.17, 15) is 9.90 Å². The van der Waals surface area contributed by atoms with Gasteiger partial charge in [0, 0.05) is 11.8 Å². The van der Waals surface area contributed by atoms with Gasteiger partial charge in [0.15, 0.2) is 0 Å². The number of nitrogens with one attached hydrogen (secondary N) is 1. The smallest absolute Gasteiger partial charge is 0.340 e. The average molecular weight is 267 g/mol. The van der Waals surface area contributed by atoms with Crippen LogP contribution in [0.2, 0.25) is 0 Å². The number of phenolic OH excluding ortho intramolecular Hbond substituents is 1. The molecule has 0 aliphatic rings. The normalized spacial score (nSPS) is 10.7. The number of esters is 1. The quantitative estimate of drug-likeness (QED) is 0.700. The van der Waals surface area contributed by atoms with Gasteiger partial charge in [0.05, 0.1) is 18.4 Å². The highest BCUT2D eigenvalue weighted by Crippen LogP contribution is 2.37. The van der Waals surface area contributed by atoms with Gasteiger partial charge >= 0.3 is 5.97 Å². The van der Waals surface area contributed by atoms with E-state index in [1.165, 1.54) is 7.11 Å². The molecule has 4 heteroatoms. The van der Waals surface area contributed by atoms with Crippen LogP contribution in [-0.2, 0) is 4.74 Å². The maximum atomic E-state index is 11.8. The average Bonchev–Trinajstić information content (AvgIpc) is 2.95. The molecule has 0 saturated carbocycles. The van der Waals surface area contributed by atoms with Gasteiger partial charge in [0.2, 0.25) is 0 Å². The van der Waals surface area contributed by atoms with Crippen molar-refractivity contribution in [3.8, 4) is 17.0 Å². The number of aromatic amines is 1. The lowest BCUT2D eigenvalue weighted by molar-refractivity contribution is 0.0602. The van der Waals surface area contributed by atoms with Gasteiger partial charge in [-0.15, -0.1) is 0 Å². The van der Waals surface area contributed by atoms with E-state index in [4.69, 9.17) is 4.74 Å². The van der Waals surface area contributed by atoms with E-state index in [0.29, 0.717) is 16.8 Å². The Morgan fingerprint density at radius 3 is 2.75 bits per heavy atom. The first-order valence-corrected chi connectivity index (χ1v) is 6.19. The van der Waals surface area contributed by atoms with Crippen molar-refractivity contribution in [2.75, 3.05) is 7.11 Å². The van der Waals surface area contributed by atoms with E-state index in [-0.39, 0.29) is 5.75 Å². The summed E-state index contributed by atoms with van der Waals surface area (Å²) >= 11 is 0. The van der Waals surface area contributed by atoms with Crippen LogP contribution >= 0.6 is 0 Å². The predicted octanol–water partition coefficient (Wildman–Crippen LogP) is 3.33. The molecule has 4 nitrogen and oxygen atoms in total. The van der Waals surface area contributed by atoms with Crippen LogP contribution in [0.4, 0.5) is 0 Å². The molecule has 2 N–H and O–H groups in total. The first kappa shape index (κ1) is 12.3. The third kappa shape index (κ3) is 1.82. The molecule has 1 heterocycles. The second kappa shape index (κ2) is 4.74. The molecule has 0 bridgehead atoms. The van der Waals surface area contributed by atoms with Gasteiger partial charge in [-0.2, -0.15) is 0 Å². The summed E-state index contributed by atoms with van der Waals surface area (Å²) in [4.78, 5) is 14.8. The zero-order valence-corrected chi connectivity index (χ0v) is 10.9. The number of fused-ring (bicyclic) bond motifs is 1. The lowest BCUT2D eigenvalue weighted by atomic mass is 9.99. The summed E-state index contributed by atoms with van der Waals surface area (Å²) in [6, 6.07) is 12.8. The lowest BCUT2D eigenvalue weighted by Gasteiger charge is -2.09. The third-order valence-corrected chi connectivity index (χ3v) is 3.31. The van der Waals surface area contributed by atoms with Crippen molar-refractivity contribution in [2.45, 2.75) is 0 Å². The van der Waals surface area contributed by atoms with Crippen LogP contribution < -0.4 is 0 Å². The monoisotopic (exact) mass is 267 g/mol. The van der Waals surface area contributed by atoms with Gasteiger partial charge in [-0.25, -0.2) is 4.79 Å². The van der Waals surface area contributed by atoms with E-state index >= 15 is 0 Å². The highest BCUT2D eigenvalue weighted by molar-refractivity contribution is 6.05. The Bertz CT molecular complexity index is 789. The Hall–Kier alpha value is -2.75. The van der Waals surface area contributed by atoms with Crippen LogP contribution in [0.25, 0.3) is 22.0 Å². The SMILES string of the molecule is COC(=O)c1cc[nH]c1-c1c(O)ccc2ccccc12. The molecular formula is C16H13NO3. The van der Waals surface area contributed by atoms with Gasteiger partial charge in [-0.1, -0.05) is 30.3 Å².